The monoisotopic (exact) mass is 469 g/mol. The summed E-state index contributed by atoms with van der Waals surface area (Å²) in [6.45, 7) is 3.63. The first-order chi connectivity index (χ1) is 16.2. The number of aliphatic hydroxyl groups is 1. The highest BCUT2D eigenvalue weighted by Crippen LogP contribution is 2.30. The number of benzene rings is 3. The second-order valence-corrected chi connectivity index (χ2v) is 8.07. The summed E-state index contributed by atoms with van der Waals surface area (Å²) >= 11 is 0. The van der Waals surface area contributed by atoms with Crippen molar-refractivity contribution in [2.24, 2.45) is 5.92 Å². The van der Waals surface area contributed by atoms with Crippen LogP contribution in [0.15, 0.2) is 60.8 Å². The highest BCUT2D eigenvalue weighted by molar-refractivity contribution is 6.01. The van der Waals surface area contributed by atoms with E-state index < -0.39 is 17.5 Å². The number of rotatable bonds is 6. The Balaban J connectivity index is 0.000000202. The molecule has 2 N–H and O–H groups in total. The number of hydrogen-bond acceptors (Lipinski definition) is 3. The number of aliphatic hydroxyl groups excluding tert-OH is 1. The number of nitrogens with one attached hydrogen (secondary N) is 1. The number of ether oxygens (including phenoxy) is 1. The van der Waals surface area contributed by atoms with Crippen LogP contribution in [0.4, 0.5) is 13.2 Å². The van der Waals surface area contributed by atoms with E-state index >= 15 is 0 Å². The molecule has 1 aromatic heterocycles. The fourth-order valence-electron chi connectivity index (χ4n) is 3.64. The molecule has 0 fully saturated rings. The molecule has 1 unspecified atom stereocenters. The number of para-hydroxylation sites is 1. The molecule has 0 amide bonds. The highest BCUT2D eigenvalue weighted by Gasteiger charge is 2.16. The highest BCUT2D eigenvalue weighted by atomic mass is 19.2. The lowest BCUT2D eigenvalue weighted by Crippen LogP contribution is -2.03. The number of aromatic nitrogens is 1. The van der Waals surface area contributed by atoms with Gasteiger partial charge >= 0.3 is 0 Å². The summed E-state index contributed by atoms with van der Waals surface area (Å²) < 4.78 is 44.5. The minimum Gasteiger partial charge on any atom is -0.497 e. The molecule has 0 saturated carbocycles. The van der Waals surface area contributed by atoms with E-state index in [0.29, 0.717) is 17.2 Å². The third-order valence-electron chi connectivity index (χ3n) is 5.46. The Morgan fingerprint density at radius 3 is 2.35 bits per heavy atom. The van der Waals surface area contributed by atoms with E-state index in [1.807, 2.05) is 18.3 Å². The normalized spacial score (nSPS) is 11.6. The molecular weight excluding hydrogens is 443 g/mol. The van der Waals surface area contributed by atoms with Crippen LogP contribution in [0.25, 0.3) is 22.0 Å². The lowest BCUT2D eigenvalue weighted by molar-refractivity contribution is 0.101. The number of methoxy groups -OCH3 is 1. The Labute approximate surface area is 196 Å². The molecule has 7 heteroatoms. The van der Waals surface area contributed by atoms with Crippen molar-refractivity contribution in [1.29, 1.82) is 0 Å². The van der Waals surface area contributed by atoms with Crippen molar-refractivity contribution in [2.45, 2.75) is 20.3 Å². The van der Waals surface area contributed by atoms with Crippen molar-refractivity contribution < 1.29 is 27.8 Å². The van der Waals surface area contributed by atoms with Gasteiger partial charge in [-0.3, -0.25) is 4.79 Å². The Morgan fingerprint density at radius 1 is 1.06 bits per heavy atom. The van der Waals surface area contributed by atoms with Crippen LogP contribution in [0.5, 0.6) is 5.75 Å². The zero-order valence-corrected chi connectivity index (χ0v) is 19.2. The molecule has 0 aliphatic heterocycles. The van der Waals surface area contributed by atoms with E-state index in [2.05, 4.69) is 24.0 Å². The van der Waals surface area contributed by atoms with Gasteiger partial charge in [-0.15, -0.1) is 0 Å². The summed E-state index contributed by atoms with van der Waals surface area (Å²) in [5.41, 5.74) is 3.12. The van der Waals surface area contributed by atoms with Crippen molar-refractivity contribution >= 4 is 16.7 Å². The fourth-order valence-corrected chi connectivity index (χ4v) is 3.64. The SMILES string of the molecule is CC(CO)Cc1c[nH]c2ccccc12.COc1ccc(-c2cc(F)c(F)c(F)c2)c(C(C)=O)c1. The molecule has 0 aliphatic carbocycles. The Kier molecular flexibility index (Phi) is 8.12. The molecule has 4 rings (SSSR count). The van der Waals surface area contributed by atoms with Crippen LogP contribution >= 0.6 is 0 Å². The maximum atomic E-state index is 13.3. The molecule has 4 aromatic rings. The van der Waals surface area contributed by atoms with Gasteiger partial charge in [0.2, 0.25) is 0 Å². The third-order valence-corrected chi connectivity index (χ3v) is 5.46. The predicted octanol–water partition coefficient (Wildman–Crippen LogP) is 6.32. The van der Waals surface area contributed by atoms with Gasteiger partial charge in [0, 0.05) is 29.3 Å². The quantitative estimate of drug-likeness (QED) is 0.257. The van der Waals surface area contributed by atoms with E-state index in [-0.39, 0.29) is 23.5 Å². The summed E-state index contributed by atoms with van der Waals surface area (Å²) in [7, 11) is 1.44. The minimum atomic E-state index is -1.54. The van der Waals surface area contributed by atoms with Gasteiger partial charge in [0.05, 0.1) is 7.11 Å². The molecule has 1 heterocycles. The van der Waals surface area contributed by atoms with Crippen molar-refractivity contribution in [3.05, 3.63) is 89.4 Å². The first-order valence-corrected chi connectivity index (χ1v) is 10.7. The number of hydrogen-bond donors (Lipinski definition) is 2. The van der Waals surface area contributed by atoms with Gasteiger partial charge < -0.3 is 14.8 Å². The first kappa shape index (κ1) is 25.1. The first-order valence-electron chi connectivity index (χ1n) is 10.7. The van der Waals surface area contributed by atoms with Crippen molar-refractivity contribution in [3.63, 3.8) is 0 Å². The van der Waals surface area contributed by atoms with Crippen LogP contribution in [-0.4, -0.2) is 29.6 Å². The number of Topliss-reactive ketones (excluding diaryl/α,β-unsaturated/α-hetero) is 1. The number of carbonyl (C=O) groups excluding carboxylic acids is 1. The Bertz CT molecular complexity index is 1280. The van der Waals surface area contributed by atoms with Gasteiger partial charge in [-0.05, 0) is 72.4 Å². The molecule has 0 spiro atoms. The Morgan fingerprint density at radius 2 is 1.74 bits per heavy atom. The van der Waals surface area contributed by atoms with Gasteiger partial charge in [-0.1, -0.05) is 25.1 Å². The molecule has 3 aromatic carbocycles. The third kappa shape index (κ3) is 5.66. The average Bonchev–Trinajstić information content (AvgIpc) is 3.24. The molecular formula is C27H26F3NO3. The predicted molar refractivity (Wildman–Crippen MR) is 127 cm³/mol. The molecule has 34 heavy (non-hydrogen) atoms. The van der Waals surface area contributed by atoms with E-state index in [0.717, 1.165) is 18.6 Å². The zero-order valence-electron chi connectivity index (χ0n) is 19.2. The minimum absolute atomic E-state index is 0.0919. The number of halogens is 3. The largest absolute Gasteiger partial charge is 0.497 e. The Hall–Kier alpha value is -3.58. The summed E-state index contributed by atoms with van der Waals surface area (Å²) in [4.78, 5) is 14.9. The van der Waals surface area contributed by atoms with Gasteiger partial charge in [0.15, 0.2) is 23.2 Å². The zero-order chi connectivity index (χ0) is 24.8. The standard InChI is InChI=1S/C15H11F3O2.C12H15NO/c1-8(19)12-7-10(20-2)3-4-11(12)9-5-13(16)15(18)14(17)6-9;1-9(8-14)6-10-7-13-12-5-3-2-4-11(10)12/h3-7H,1-2H3;2-5,7,9,13-14H,6,8H2,1H3. The topological polar surface area (TPSA) is 62.3 Å². The molecule has 0 bridgehead atoms. The maximum absolute atomic E-state index is 13.3. The number of ketones is 1. The van der Waals surface area contributed by atoms with Crippen LogP contribution in [0.3, 0.4) is 0 Å². The van der Waals surface area contributed by atoms with E-state index in [9.17, 15) is 18.0 Å². The fraction of sp³-hybridized carbons (Fsp3) is 0.222. The number of fused-ring (bicyclic) bond motifs is 1. The van der Waals surface area contributed by atoms with Crippen molar-refractivity contribution in [2.75, 3.05) is 13.7 Å². The van der Waals surface area contributed by atoms with E-state index in [4.69, 9.17) is 9.84 Å². The smallest absolute Gasteiger partial charge is 0.194 e. The van der Waals surface area contributed by atoms with Crippen LogP contribution < -0.4 is 4.74 Å². The molecule has 1 atom stereocenters. The average molecular weight is 470 g/mol. The number of H-pyrrole nitrogens is 1. The van der Waals surface area contributed by atoms with Crippen molar-refractivity contribution in [3.8, 4) is 16.9 Å². The molecule has 178 valence electrons. The van der Waals surface area contributed by atoms with Crippen LogP contribution in [0.1, 0.15) is 29.8 Å². The van der Waals surface area contributed by atoms with E-state index in [1.165, 1.54) is 42.6 Å². The van der Waals surface area contributed by atoms with Gasteiger partial charge in [0.1, 0.15) is 5.75 Å². The molecule has 0 aliphatic rings. The second-order valence-electron chi connectivity index (χ2n) is 8.07. The summed E-state index contributed by atoms with van der Waals surface area (Å²) in [5.74, 6) is -3.65. The number of aromatic amines is 1. The second kappa shape index (κ2) is 11.0. The van der Waals surface area contributed by atoms with Gasteiger partial charge in [-0.25, -0.2) is 13.2 Å². The van der Waals surface area contributed by atoms with Crippen LogP contribution in [0, 0.1) is 23.4 Å². The number of carbonyl (C=O) groups is 1. The summed E-state index contributed by atoms with van der Waals surface area (Å²) in [5, 5.41) is 10.3. The van der Waals surface area contributed by atoms with E-state index in [1.54, 1.807) is 6.07 Å². The van der Waals surface area contributed by atoms with Gasteiger partial charge in [-0.2, -0.15) is 0 Å². The van der Waals surface area contributed by atoms with Gasteiger partial charge in [0.25, 0.3) is 0 Å². The van der Waals surface area contributed by atoms with Crippen LogP contribution in [-0.2, 0) is 6.42 Å². The van der Waals surface area contributed by atoms with Crippen molar-refractivity contribution in [1.82, 2.24) is 4.98 Å². The van der Waals surface area contributed by atoms with Crippen LogP contribution in [0.2, 0.25) is 0 Å². The molecule has 0 saturated heterocycles. The lowest BCUT2D eigenvalue weighted by atomic mass is 9.97. The summed E-state index contributed by atoms with van der Waals surface area (Å²) in [6, 6.07) is 14.5. The molecule has 0 radical (unpaired) electrons. The lowest BCUT2D eigenvalue weighted by Gasteiger charge is -2.10. The molecule has 4 nitrogen and oxygen atoms in total. The maximum Gasteiger partial charge on any atom is 0.194 e. The summed E-state index contributed by atoms with van der Waals surface area (Å²) in [6.07, 6.45) is 2.97.